The van der Waals surface area contributed by atoms with Crippen LogP contribution in [0.5, 0.6) is 0 Å². The molecular formula is C20H22BrNO. The highest BCUT2D eigenvalue weighted by atomic mass is 79.9. The third-order valence-corrected chi connectivity index (χ3v) is 4.12. The van der Waals surface area contributed by atoms with Crippen molar-refractivity contribution < 1.29 is 4.79 Å². The summed E-state index contributed by atoms with van der Waals surface area (Å²) in [6.07, 6.45) is 8.18. The average Bonchev–Trinajstić information content (AvgIpc) is 2.52. The van der Waals surface area contributed by atoms with Gasteiger partial charge in [0.25, 0.3) is 0 Å². The first-order valence-electron chi connectivity index (χ1n) is 7.84. The molecule has 1 N–H and O–H groups in total. The van der Waals surface area contributed by atoms with Crippen molar-refractivity contribution in [1.29, 1.82) is 0 Å². The van der Waals surface area contributed by atoms with Crippen LogP contribution in [0.15, 0.2) is 65.2 Å². The molecule has 0 spiro atoms. The third-order valence-electron chi connectivity index (χ3n) is 3.42. The molecule has 0 radical (unpaired) electrons. The van der Waals surface area contributed by atoms with Crippen LogP contribution in [0.1, 0.15) is 19.4 Å². The molecule has 0 aromatic heterocycles. The van der Waals surface area contributed by atoms with E-state index in [1.165, 1.54) is 16.3 Å². The van der Waals surface area contributed by atoms with E-state index in [4.69, 9.17) is 0 Å². The monoisotopic (exact) mass is 371 g/mol. The van der Waals surface area contributed by atoms with E-state index in [-0.39, 0.29) is 5.91 Å². The normalized spacial score (nSPS) is 11.8. The number of halogens is 1. The molecule has 23 heavy (non-hydrogen) atoms. The lowest BCUT2D eigenvalue weighted by Crippen LogP contribution is -2.25. The number of hydrogen-bond donors (Lipinski definition) is 1. The van der Waals surface area contributed by atoms with Crippen LogP contribution in [0.4, 0.5) is 0 Å². The van der Waals surface area contributed by atoms with Gasteiger partial charge in [0.1, 0.15) is 0 Å². The molecule has 120 valence electrons. The second kappa shape index (κ2) is 8.68. The van der Waals surface area contributed by atoms with Crippen molar-refractivity contribution in [3.05, 3.63) is 70.7 Å². The molecule has 1 amide bonds. The van der Waals surface area contributed by atoms with Crippen molar-refractivity contribution in [2.24, 2.45) is 5.92 Å². The van der Waals surface area contributed by atoms with Crippen molar-refractivity contribution in [1.82, 2.24) is 5.32 Å². The summed E-state index contributed by atoms with van der Waals surface area (Å²) in [5.74, 6) is 0.426. The first-order chi connectivity index (χ1) is 11.1. The van der Waals surface area contributed by atoms with Gasteiger partial charge in [-0.1, -0.05) is 78.3 Å². The maximum absolute atomic E-state index is 11.5. The Balaban J connectivity index is 1.89. The van der Waals surface area contributed by atoms with Crippen LogP contribution in [-0.2, 0) is 11.2 Å². The molecule has 2 nitrogen and oxygen atoms in total. The number of allylic oxidation sites excluding steroid dienone is 3. The molecule has 0 aliphatic rings. The standard InChI is InChI=1S/C20H22BrNO/c1-15(2)14-22-20(23)10-5-3-4-7-16-11-12-18-17(13-16)8-6-9-19(18)21/h3-6,8-13,15H,7,14H2,1-2H3,(H,22,23)/b4-3+,10-5+. The van der Waals surface area contributed by atoms with Gasteiger partial charge in [0.05, 0.1) is 0 Å². The van der Waals surface area contributed by atoms with Crippen molar-refractivity contribution in [3.8, 4) is 0 Å². The fraction of sp³-hybridized carbons (Fsp3) is 0.250. The van der Waals surface area contributed by atoms with E-state index < -0.39 is 0 Å². The largest absolute Gasteiger partial charge is 0.352 e. The molecule has 0 saturated heterocycles. The zero-order chi connectivity index (χ0) is 16.7. The summed E-state index contributed by atoms with van der Waals surface area (Å²) in [4.78, 5) is 11.5. The number of carbonyl (C=O) groups is 1. The number of fused-ring (bicyclic) bond motifs is 1. The minimum absolute atomic E-state index is 0.0427. The van der Waals surface area contributed by atoms with E-state index in [1.807, 2.05) is 12.1 Å². The quantitative estimate of drug-likeness (QED) is 0.559. The van der Waals surface area contributed by atoms with E-state index in [9.17, 15) is 4.79 Å². The number of nitrogens with one attached hydrogen (secondary N) is 1. The highest BCUT2D eigenvalue weighted by Gasteiger charge is 1.99. The Morgan fingerprint density at radius 1 is 1.22 bits per heavy atom. The highest BCUT2D eigenvalue weighted by Crippen LogP contribution is 2.24. The Hall–Kier alpha value is -1.87. The summed E-state index contributed by atoms with van der Waals surface area (Å²) in [5.41, 5.74) is 1.25. The SMILES string of the molecule is CC(C)CNC(=O)/C=C/C=C/Cc1ccc2c(Br)cccc2c1. The minimum atomic E-state index is -0.0427. The Kier molecular flexibility index (Phi) is 6.60. The van der Waals surface area contributed by atoms with Crippen LogP contribution < -0.4 is 5.32 Å². The third kappa shape index (κ3) is 5.68. The van der Waals surface area contributed by atoms with Crippen LogP contribution in [0.3, 0.4) is 0 Å². The first kappa shape index (κ1) is 17.5. The second-order valence-corrected chi connectivity index (χ2v) is 6.78. The number of benzene rings is 2. The Bertz CT molecular complexity index is 731. The van der Waals surface area contributed by atoms with E-state index in [0.29, 0.717) is 12.5 Å². The van der Waals surface area contributed by atoms with Crippen LogP contribution in [0, 0.1) is 5.92 Å². The van der Waals surface area contributed by atoms with Crippen LogP contribution >= 0.6 is 15.9 Å². The minimum Gasteiger partial charge on any atom is -0.352 e. The van der Waals surface area contributed by atoms with Crippen molar-refractivity contribution >= 4 is 32.6 Å². The van der Waals surface area contributed by atoms with Gasteiger partial charge < -0.3 is 5.32 Å². The lowest BCUT2D eigenvalue weighted by atomic mass is 10.1. The Labute approximate surface area is 146 Å². The second-order valence-electron chi connectivity index (χ2n) is 5.93. The molecule has 2 rings (SSSR count). The predicted octanol–water partition coefficient (Wildman–Crippen LogP) is 5.03. The van der Waals surface area contributed by atoms with Gasteiger partial charge in [0.2, 0.25) is 5.91 Å². The number of rotatable bonds is 6. The predicted molar refractivity (Wildman–Crippen MR) is 101 cm³/mol. The van der Waals surface area contributed by atoms with Gasteiger partial charge in [0, 0.05) is 17.1 Å². The van der Waals surface area contributed by atoms with Gasteiger partial charge in [0.15, 0.2) is 0 Å². The molecule has 0 aliphatic heterocycles. The van der Waals surface area contributed by atoms with Crippen LogP contribution in [0.2, 0.25) is 0 Å². The van der Waals surface area contributed by atoms with Gasteiger partial charge >= 0.3 is 0 Å². The fourth-order valence-corrected chi connectivity index (χ4v) is 2.72. The van der Waals surface area contributed by atoms with Crippen molar-refractivity contribution in [2.45, 2.75) is 20.3 Å². The van der Waals surface area contributed by atoms with Gasteiger partial charge in [-0.15, -0.1) is 0 Å². The summed E-state index contributed by atoms with van der Waals surface area (Å²) in [7, 11) is 0. The number of carbonyl (C=O) groups excluding carboxylic acids is 1. The number of amides is 1. The van der Waals surface area contributed by atoms with E-state index in [1.54, 1.807) is 12.2 Å². The molecule has 0 saturated carbocycles. The summed E-state index contributed by atoms with van der Waals surface area (Å²) < 4.78 is 1.12. The van der Waals surface area contributed by atoms with Crippen molar-refractivity contribution in [2.75, 3.05) is 6.54 Å². The molecule has 0 bridgehead atoms. The van der Waals surface area contributed by atoms with Gasteiger partial charge in [-0.05, 0) is 34.7 Å². The topological polar surface area (TPSA) is 29.1 Å². The maximum atomic E-state index is 11.5. The van der Waals surface area contributed by atoms with E-state index >= 15 is 0 Å². The number of hydrogen-bond acceptors (Lipinski definition) is 1. The molecule has 0 fully saturated rings. The Morgan fingerprint density at radius 2 is 2.04 bits per heavy atom. The maximum Gasteiger partial charge on any atom is 0.243 e. The lowest BCUT2D eigenvalue weighted by molar-refractivity contribution is -0.116. The summed E-state index contributed by atoms with van der Waals surface area (Å²) in [6, 6.07) is 12.7. The molecule has 2 aromatic carbocycles. The van der Waals surface area contributed by atoms with E-state index in [0.717, 1.165) is 10.9 Å². The molecule has 0 unspecified atom stereocenters. The van der Waals surface area contributed by atoms with Gasteiger partial charge in [-0.3, -0.25) is 4.79 Å². The first-order valence-corrected chi connectivity index (χ1v) is 8.64. The summed E-state index contributed by atoms with van der Waals surface area (Å²) >= 11 is 3.57. The van der Waals surface area contributed by atoms with Crippen LogP contribution in [0.25, 0.3) is 10.8 Å². The molecule has 0 aliphatic carbocycles. The Morgan fingerprint density at radius 3 is 2.83 bits per heavy atom. The van der Waals surface area contributed by atoms with E-state index in [2.05, 4.69) is 71.5 Å². The van der Waals surface area contributed by atoms with Gasteiger partial charge in [-0.2, -0.15) is 0 Å². The smallest absolute Gasteiger partial charge is 0.243 e. The lowest BCUT2D eigenvalue weighted by Gasteiger charge is -2.04. The average molecular weight is 372 g/mol. The van der Waals surface area contributed by atoms with Crippen LogP contribution in [-0.4, -0.2) is 12.5 Å². The molecule has 3 heteroatoms. The molecule has 0 heterocycles. The molecular weight excluding hydrogens is 350 g/mol. The summed E-state index contributed by atoms with van der Waals surface area (Å²) in [6.45, 7) is 4.86. The summed E-state index contributed by atoms with van der Waals surface area (Å²) in [5, 5.41) is 5.31. The fourth-order valence-electron chi connectivity index (χ4n) is 2.21. The highest BCUT2D eigenvalue weighted by molar-refractivity contribution is 9.10. The van der Waals surface area contributed by atoms with Crippen molar-refractivity contribution in [3.63, 3.8) is 0 Å². The van der Waals surface area contributed by atoms with Gasteiger partial charge in [-0.25, -0.2) is 0 Å². The molecule has 2 aromatic rings. The molecule has 0 atom stereocenters. The zero-order valence-corrected chi connectivity index (χ0v) is 15.1. The zero-order valence-electron chi connectivity index (χ0n) is 13.6.